The molecule has 0 saturated carbocycles. The number of benzene rings is 3. The van der Waals surface area contributed by atoms with Gasteiger partial charge in [0.2, 0.25) is 5.90 Å². The van der Waals surface area contributed by atoms with Crippen LogP contribution < -0.4 is 14.2 Å². The highest BCUT2D eigenvalue weighted by atomic mass is 16.5. The molecule has 0 radical (unpaired) electrons. The number of rotatable bonds is 6. The van der Waals surface area contributed by atoms with Crippen LogP contribution in [-0.4, -0.2) is 13.0 Å². The highest BCUT2D eigenvalue weighted by molar-refractivity contribution is 5.96. The van der Waals surface area contributed by atoms with Crippen LogP contribution in [0.4, 0.5) is 5.69 Å². The van der Waals surface area contributed by atoms with Crippen molar-refractivity contribution in [3.05, 3.63) is 96.3 Å². The molecule has 0 saturated heterocycles. The third-order valence-corrected chi connectivity index (χ3v) is 3.99. The van der Waals surface area contributed by atoms with Crippen LogP contribution in [0, 0.1) is 6.92 Å². The lowest BCUT2D eigenvalue weighted by Gasteiger charge is -2.11. The topological polar surface area (TPSA) is 40.0 Å². The predicted octanol–water partition coefficient (Wildman–Crippen LogP) is 6.10. The van der Waals surface area contributed by atoms with Gasteiger partial charge >= 0.3 is 0 Å². The zero-order valence-electron chi connectivity index (χ0n) is 16.3. The van der Waals surface area contributed by atoms with Gasteiger partial charge in [0.1, 0.15) is 17.2 Å². The van der Waals surface area contributed by atoms with E-state index >= 15 is 0 Å². The number of hydrogen-bond acceptors (Lipinski definition) is 4. The second-order valence-electron chi connectivity index (χ2n) is 6.26. The molecule has 0 aliphatic carbocycles. The van der Waals surface area contributed by atoms with Gasteiger partial charge in [-0.2, -0.15) is 0 Å². The maximum atomic E-state index is 6.03. The third-order valence-electron chi connectivity index (χ3n) is 3.99. The molecule has 3 rings (SSSR count). The summed E-state index contributed by atoms with van der Waals surface area (Å²) in [6.45, 7) is 3.94. The van der Waals surface area contributed by atoms with Crippen molar-refractivity contribution in [2.24, 2.45) is 4.99 Å². The summed E-state index contributed by atoms with van der Waals surface area (Å²) in [6.07, 6.45) is 1.65. The van der Waals surface area contributed by atoms with Gasteiger partial charge in [0.15, 0.2) is 0 Å². The molecule has 0 amide bonds. The zero-order chi connectivity index (χ0) is 19.8. The number of nitrogens with zero attached hydrogens (tertiary/aromatic N) is 1. The van der Waals surface area contributed by atoms with Gasteiger partial charge in [-0.15, -0.1) is 0 Å². The first kappa shape index (κ1) is 19.2. The molecule has 0 bridgehead atoms. The van der Waals surface area contributed by atoms with Gasteiger partial charge < -0.3 is 14.2 Å². The number of methoxy groups -OCH3 is 1. The smallest absolute Gasteiger partial charge is 0.225 e. The molecule has 4 heteroatoms. The zero-order valence-corrected chi connectivity index (χ0v) is 16.3. The summed E-state index contributed by atoms with van der Waals surface area (Å²) < 4.78 is 17.0. The molecule has 0 fully saturated rings. The molecule has 28 heavy (non-hydrogen) atoms. The molecule has 0 N–H and O–H groups in total. The molecular formula is C24H23NO3. The minimum Gasteiger partial charge on any atom is -0.497 e. The Labute approximate surface area is 165 Å². The first-order chi connectivity index (χ1) is 13.6. The van der Waals surface area contributed by atoms with Crippen molar-refractivity contribution in [1.82, 2.24) is 0 Å². The molecule has 0 heterocycles. The van der Waals surface area contributed by atoms with Crippen LogP contribution in [0.5, 0.6) is 17.2 Å². The van der Waals surface area contributed by atoms with Gasteiger partial charge in [-0.25, -0.2) is 4.99 Å². The van der Waals surface area contributed by atoms with Crippen molar-refractivity contribution in [3.8, 4) is 17.2 Å². The van der Waals surface area contributed by atoms with Crippen molar-refractivity contribution in [2.45, 2.75) is 13.8 Å². The Balaban J connectivity index is 1.84. The summed E-state index contributed by atoms with van der Waals surface area (Å²) in [5.41, 5.74) is 2.75. The fraction of sp³-hybridized carbons (Fsp3) is 0.125. The molecular weight excluding hydrogens is 350 g/mol. The molecule has 0 aromatic heterocycles. The normalized spacial score (nSPS) is 11.8. The van der Waals surface area contributed by atoms with Crippen molar-refractivity contribution in [3.63, 3.8) is 0 Å². The lowest BCUT2D eigenvalue weighted by atomic mass is 10.2. The van der Waals surface area contributed by atoms with Crippen LogP contribution in [0.15, 0.2) is 95.7 Å². The summed E-state index contributed by atoms with van der Waals surface area (Å²) in [4.78, 5) is 4.64. The fourth-order valence-corrected chi connectivity index (χ4v) is 2.39. The number of ether oxygens (including phenoxy) is 3. The molecule has 0 unspecified atom stereocenters. The van der Waals surface area contributed by atoms with Gasteiger partial charge in [0.25, 0.3) is 0 Å². The van der Waals surface area contributed by atoms with Crippen LogP contribution in [0.3, 0.4) is 0 Å². The summed E-state index contributed by atoms with van der Waals surface area (Å²) in [5.74, 6) is 2.65. The van der Waals surface area contributed by atoms with E-state index in [9.17, 15) is 0 Å². The summed E-state index contributed by atoms with van der Waals surface area (Å²) >= 11 is 0. The van der Waals surface area contributed by atoms with Gasteiger partial charge in [-0.1, -0.05) is 35.9 Å². The largest absolute Gasteiger partial charge is 0.497 e. The molecule has 0 aliphatic heterocycles. The van der Waals surface area contributed by atoms with Crippen molar-refractivity contribution in [1.29, 1.82) is 0 Å². The first-order valence-electron chi connectivity index (χ1n) is 9.00. The maximum Gasteiger partial charge on any atom is 0.225 e. The van der Waals surface area contributed by atoms with E-state index in [4.69, 9.17) is 14.2 Å². The molecule has 3 aromatic carbocycles. The Morgan fingerprint density at radius 3 is 2.04 bits per heavy atom. The highest BCUT2D eigenvalue weighted by Crippen LogP contribution is 2.21. The molecule has 4 nitrogen and oxygen atoms in total. The van der Waals surface area contributed by atoms with Crippen LogP contribution in [0.1, 0.15) is 12.5 Å². The van der Waals surface area contributed by atoms with Crippen molar-refractivity contribution < 1.29 is 14.2 Å². The van der Waals surface area contributed by atoms with E-state index in [1.165, 1.54) is 5.56 Å². The summed E-state index contributed by atoms with van der Waals surface area (Å²) in [5, 5.41) is 0. The molecule has 3 aromatic rings. The summed E-state index contributed by atoms with van der Waals surface area (Å²) in [6, 6.07) is 24.9. The minimum atomic E-state index is 0.462. The second kappa shape index (κ2) is 9.42. The van der Waals surface area contributed by atoms with E-state index in [2.05, 4.69) is 4.99 Å². The first-order valence-corrected chi connectivity index (χ1v) is 9.00. The number of hydrogen-bond donors (Lipinski definition) is 0. The number of aliphatic imine (C=N–C) groups is 1. The Bertz CT molecular complexity index is 943. The predicted molar refractivity (Wildman–Crippen MR) is 113 cm³/mol. The Hall–Kier alpha value is -3.53. The van der Waals surface area contributed by atoms with Gasteiger partial charge in [-0.05, 0) is 62.4 Å². The van der Waals surface area contributed by atoms with Gasteiger partial charge in [-0.3, -0.25) is 0 Å². The quantitative estimate of drug-likeness (QED) is 0.298. The van der Waals surface area contributed by atoms with Crippen molar-refractivity contribution in [2.75, 3.05) is 7.11 Å². The van der Waals surface area contributed by atoms with Crippen LogP contribution in [-0.2, 0) is 0 Å². The van der Waals surface area contributed by atoms with Gasteiger partial charge in [0, 0.05) is 5.57 Å². The van der Waals surface area contributed by atoms with Crippen LogP contribution in [0.2, 0.25) is 0 Å². The summed E-state index contributed by atoms with van der Waals surface area (Å²) in [7, 11) is 1.63. The Morgan fingerprint density at radius 1 is 0.786 bits per heavy atom. The van der Waals surface area contributed by atoms with E-state index in [1.54, 1.807) is 13.4 Å². The monoisotopic (exact) mass is 373 g/mol. The van der Waals surface area contributed by atoms with Gasteiger partial charge in [0.05, 0.1) is 19.1 Å². The molecule has 0 atom stereocenters. The Morgan fingerprint density at radius 2 is 1.39 bits per heavy atom. The molecule has 142 valence electrons. The standard InChI is InChI=1S/C24H23NO3/c1-18-9-11-22(12-10-18)27-17-19(2)24(25-20-7-5-4-6-8-20)28-23-15-13-21(26-3)14-16-23/h4-17H,1-3H3/b19-17+,25-24?. The SMILES string of the molecule is COc1ccc(OC(=Nc2ccccc2)/C(C)=C/Oc2ccc(C)cc2)cc1. The second-order valence-corrected chi connectivity index (χ2v) is 6.26. The van der Waals surface area contributed by atoms with Crippen LogP contribution in [0.25, 0.3) is 0 Å². The average molecular weight is 373 g/mol. The Kier molecular flexibility index (Phi) is 6.47. The minimum absolute atomic E-state index is 0.462. The lowest BCUT2D eigenvalue weighted by Crippen LogP contribution is -2.11. The van der Waals surface area contributed by atoms with E-state index in [0.717, 1.165) is 22.8 Å². The molecule has 0 aliphatic rings. The maximum absolute atomic E-state index is 6.03. The molecule has 0 spiro atoms. The van der Waals surface area contributed by atoms with E-state index in [1.807, 2.05) is 92.7 Å². The number of aryl methyl sites for hydroxylation is 1. The average Bonchev–Trinajstić information content (AvgIpc) is 2.74. The van der Waals surface area contributed by atoms with E-state index in [-0.39, 0.29) is 0 Å². The van der Waals surface area contributed by atoms with Crippen molar-refractivity contribution >= 4 is 11.6 Å². The van der Waals surface area contributed by atoms with E-state index in [0.29, 0.717) is 11.6 Å². The number of para-hydroxylation sites is 1. The third kappa shape index (κ3) is 5.48. The van der Waals surface area contributed by atoms with E-state index < -0.39 is 0 Å². The van der Waals surface area contributed by atoms with Crippen LogP contribution >= 0.6 is 0 Å². The fourth-order valence-electron chi connectivity index (χ4n) is 2.39. The highest BCUT2D eigenvalue weighted by Gasteiger charge is 2.08. The lowest BCUT2D eigenvalue weighted by molar-refractivity contribution is 0.414.